The Bertz CT molecular complexity index is 1730. The van der Waals surface area contributed by atoms with Crippen LogP contribution in [0.3, 0.4) is 0 Å². The standard InChI is InChI=1S/C34H33N5O2S/c1-24-9-8-14-30(19-24)39-31(20-26-10-4-3-5-11-26)35-36-34(39)42-23-32(40)37-17-18-38(25(2)22-37)33(41)29-16-15-27-12-6-7-13-28(27)21-29/h3-16,19,21,25H,17-18,20,22-23H2,1-2H3. The predicted octanol–water partition coefficient (Wildman–Crippen LogP) is 5.78. The molecular weight excluding hydrogens is 542 g/mol. The zero-order valence-electron chi connectivity index (χ0n) is 23.8. The molecule has 2 heterocycles. The molecule has 1 fully saturated rings. The van der Waals surface area contributed by atoms with Crippen molar-refractivity contribution in [3.8, 4) is 5.69 Å². The van der Waals surface area contributed by atoms with Crippen LogP contribution in [0.4, 0.5) is 0 Å². The molecule has 1 saturated heterocycles. The van der Waals surface area contributed by atoms with E-state index in [0.29, 0.717) is 36.8 Å². The fraction of sp³-hybridized carbons (Fsp3) is 0.235. The van der Waals surface area contributed by atoms with E-state index in [1.807, 2.05) is 89.5 Å². The predicted molar refractivity (Wildman–Crippen MR) is 167 cm³/mol. The highest BCUT2D eigenvalue weighted by Gasteiger charge is 2.30. The summed E-state index contributed by atoms with van der Waals surface area (Å²) in [5.41, 5.74) is 3.95. The van der Waals surface area contributed by atoms with Crippen molar-refractivity contribution in [3.63, 3.8) is 0 Å². The van der Waals surface area contributed by atoms with Gasteiger partial charge in [-0.1, -0.05) is 84.6 Å². The molecule has 1 aliphatic rings. The van der Waals surface area contributed by atoms with Crippen LogP contribution < -0.4 is 0 Å². The van der Waals surface area contributed by atoms with Crippen molar-refractivity contribution in [2.75, 3.05) is 25.4 Å². The molecule has 2 amide bonds. The number of piperazine rings is 1. The summed E-state index contributed by atoms with van der Waals surface area (Å²) in [6.45, 7) is 5.59. The van der Waals surface area contributed by atoms with Gasteiger partial charge in [-0.2, -0.15) is 0 Å². The van der Waals surface area contributed by atoms with Crippen LogP contribution in [-0.4, -0.2) is 67.8 Å². The van der Waals surface area contributed by atoms with Crippen LogP contribution in [0.1, 0.15) is 34.2 Å². The minimum Gasteiger partial charge on any atom is -0.338 e. The van der Waals surface area contributed by atoms with Crippen LogP contribution >= 0.6 is 11.8 Å². The molecule has 1 unspecified atom stereocenters. The number of amides is 2. The molecule has 0 aliphatic carbocycles. The largest absolute Gasteiger partial charge is 0.338 e. The molecule has 0 radical (unpaired) electrons. The summed E-state index contributed by atoms with van der Waals surface area (Å²) < 4.78 is 2.06. The van der Waals surface area contributed by atoms with Crippen LogP contribution in [0.5, 0.6) is 0 Å². The second kappa shape index (κ2) is 12.2. The summed E-state index contributed by atoms with van der Waals surface area (Å²) in [5.74, 6) is 1.12. The molecule has 1 atom stereocenters. The first-order valence-corrected chi connectivity index (χ1v) is 15.2. The number of hydrogen-bond donors (Lipinski definition) is 0. The first kappa shape index (κ1) is 27.7. The number of benzene rings is 4. The second-order valence-electron chi connectivity index (χ2n) is 10.8. The molecule has 0 spiro atoms. The number of rotatable bonds is 7. The average molecular weight is 576 g/mol. The van der Waals surface area contributed by atoms with E-state index in [4.69, 9.17) is 0 Å². The molecule has 42 heavy (non-hydrogen) atoms. The quantitative estimate of drug-likeness (QED) is 0.230. The topological polar surface area (TPSA) is 71.3 Å². The number of aryl methyl sites for hydroxylation is 1. The third-order valence-corrected chi connectivity index (χ3v) is 8.64. The van der Waals surface area contributed by atoms with Crippen molar-refractivity contribution >= 4 is 34.3 Å². The van der Waals surface area contributed by atoms with Gasteiger partial charge in [0.25, 0.3) is 5.91 Å². The van der Waals surface area contributed by atoms with Crippen LogP contribution in [0.25, 0.3) is 16.5 Å². The van der Waals surface area contributed by atoms with Gasteiger partial charge in [-0.15, -0.1) is 10.2 Å². The smallest absolute Gasteiger partial charge is 0.254 e. The summed E-state index contributed by atoms with van der Waals surface area (Å²) in [6.07, 6.45) is 0.640. The number of nitrogens with zero attached hydrogens (tertiary/aromatic N) is 5. The molecule has 0 saturated carbocycles. The second-order valence-corrected chi connectivity index (χ2v) is 11.7. The lowest BCUT2D eigenvalue weighted by Gasteiger charge is -2.40. The highest BCUT2D eigenvalue weighted by molar-refractivity contribution is 7.99. The van der Waals surface area contributed by atoms with Crippen LogP contribution in [0.15, 0.2) is 102 Å². The normalized spacial score (nSPS) is 15.2. The number of hydrogen-bond acceptors (Lipinski definition) is 5. The van der Waals surface area contributed by atoms with E-state index >= 15 is 0 Å². The highest BCUT2D eigenvalue weighted by atomic mass is 32.2. The minimum atomic E-state index is -0.0832. The first-order valence-electron chi connectivity index (χ1n) is 14.2. The van der Waals surface area contributed by atoms with Crippen molar-refractivity contribution in [2.45, 2.75) is 31.5 Å². The van der Waals surface area contributed by atoms with Crippen LogP contribution in [-0.2, 0) is 11.2 Å². The highest BCUT2D eigenvalue weighted by Crippen LogP contribution is 2.25. The zero-order chi connectivity index (χ0) is 29.1. The van der Waals surface area contributed by atoms with Crippen molar-refractivity contribution in [1.82, 2.24) is 24.6 Å². The third kappa shape index (κ3) is 5.94. The van der Waals surface area contributed by atoms with Gasteiger partial charge in [0.05, 0.1) is 5.75 Å². The Kier molecular flexibility index (Phi) is 8.06. The number of carbonyl (C=O) groups is 2. The Balaban J connectivity index is 1.13. The molecule has 0 bridgehead atoms. The molecule has 1 aromatic heterocycles. The molecular formula is C34H33N5O2S. The van der Waals surface area contributed by atoms with Gasteiger partial charge in [0.2, 0.25) is 5.91 Å². The number of carbonyl (C=O) groups excluding carboxylic acids is 2. The van der Waals surface area contributed by atoms with Gasteiger partial charge in [0.1, 0.15) is 5.82 Å². The SMILES string of the molecule is Cc1cccc(-n2c(Cc3ccccc3)nnc2SCC(=O)N2CCN(C(=O)c3ccc4ccccc4c3)C(C)C2)c1. The molecule has 1 aliphatic heterocycles. The van der Waals surface area contributed by atoms with Crippen molar-refractivity contribution in [1.29, 1.82) is 0 Å². The van der Waals surface area contributed by atoms with Gasteiger partial charge in [0.15, 0.2) is 5.16 Å². The van der Waals surface area contributed by atoms with E-state index in [-0.39, 0.29) is 23.6 Å². The van der Waals surface area contributed by atoms with E-state index in [2.05, 4.69) is 46.0 Å². The third-order valence-electron chi connectivity index (χ3n) is 7.73. The van der Waals surface area contributed by atoms with Crippen LogP contribution in [0.2, 0.25) is 0 Å². The number of fused-ring (bicyclic) bond motifs is 1. The Morgan fingerprint density at radius 2 is 1.64 bits per heavy atom. The number of aromatic nitrogens is 3. The van der Waals surface area contributed by atoms with Gasteiger partial charge in [-0.05, 0) is 60.0 Å². The van der Waals surface area contributed by atoms with Gasteiger partial charge in [-0.25, -0.2) is 0 Å². The van der Waals surface area contributed by atoms with E-state index in [1.165, 1.54) is 11.8 Å². The van der Waals surface area contributed by atoms with Gasteiger partial charge in [-0.3, -0.25) is 14.2 Å². The Hall–Kier alpha value is -4.43. The Labute approximate surface area is 250 Å². The maximum Gasteiger partial charge on any atom is 0.254 e. The Morgan fingerprint density at radius 1 is 0.857 bits per heavy atom. The lowest BCUT2D eigenvalue weighted by molar-refractivity contribution is -0.130. The molecule has 7 nitrogen and oxygen atoms in total. The maximum atomic E-state index is 13.4. The summed E-state index contributed by atoms with van der Waals surface area (Å²) in [5, 5.41) is 11.9. The molecule has 8 heteroatoms. The zero-order valence-corrected chi connectivity index (χ0v) is 24.6. The molecule has 6 rings (SSSR count). The fourth-order valence-corrected chi connectivity index (χ4v) is 6.38. The van der Waals surface area contributed by atoms with E-state index < -0.39 is 0 Å². The fourth-order valence-electron chi connectivity index (χ4n) is 5.50. The summed E-state index contributed by atoms with van der Waals surface area (Å²) >= 11 is 1.40. The molecule has 0 N–H and O–H groups in total. The number of thioether (sulfide) groups is 1. The lowest BCUT2D eigenvalue weighted by Crippen LogP contribution is -2.55. The first-order chi connectivity index (χ1) is 20.5. The van der Waals surface area contributed by atoms with Gasteiger partial charge >= 0.3 is 0 Å². The van der Waals surface area contributed by atoms with E-state index in [0.717, 1.165) is 33.4 Å². The van der Waals surface area contributed by atoms with E-state index in [1.54, 1.807) is 0 Å². The van der Waals surface area contributed by atoms with Crippen LogP contribution in [0, 0.1) is 6.92 Å². The maximum absolute atomic E-state index is 13.4. The molecule has 4 aromatic carbocycles. The summed E-state index contributed by atoms with van der Waals surface area (Å²) in [4.78, 5) is 30.5. The van der Waals surface area contributed by atoms with Crippen molar-refractivity contribution < 1.29 is 9.59 Å². The van der Waals surface area contributed by atoms with Crippen molar-refractivity contribution in [3.05, 3.63) is 120 Å². The monoisotopic (exact) mass is 575 g/mol. The summed E-state index contributed by atoms with van der Waals surface area (Å²) in [6, 6.07) is 32.2. The Morgan fingerprint density at radius 3 is 2.43 bits per heavy atom. The minimum absolute atomic E-state index is 0.00642. The lowest BCUT2D eigenvalue weighted by atomic mass is 10.0. The molecule has 5 aromatic rings. The van der Waals surface area contributed by atoms with Gasteiger partial charge < -0.3 is 9.80 Å². The average Bonchev–Trinajstić information content (AvgIpc) is 3.41. The molecule has 212 valence electrons. The summed E-state index contributed by atoms with van der Waals surface area (Å²) in [7, 11) is 0. The van der Waals surface area contributed by atoms with Crippen molar-refractivity contribution in [2.24, 2.45) is 0 Å². The van der Waals surface area contributed by atoms with E-state index in [9.17, 15) is 9.59 Å². The van der Waals surface area contributed by atoms with Gasteiger partial charge in [0, 0.05) is 43.3 Å².